The monoisotopic (exact) mass is 278 g/mol. The molecule has 0 radical (unpaired) electrons. The van der Waals surface area contributed by atoms with Crippen molar-refractivity contribution in [2.75, 3.05) is 20.3 Å². The highest BCUT2D eigenvalue weighted by molar-refractivity contribution is 5.28. The van der Waals surface area contributed by atoms with Crippen LogP contribution >= 0.6 is 0 Å². The van der Waals surface area contributed by atoms with E-state index in [1.807, 2.05) is 13.2 Å². The molecule has 0 bridgehead atoms. The van der Waals surface area contributed by atoms with Crippen LogP contribution in [0.15, 0.2) is 18.5 Å². The largest absolute Gasteiger partial charge is 0.492 e. The standard InChI is InChI=1S/C16H26N2O2/c1-4-8-19-14-10-13(11-18-12-14)15(17-3)16(2)7-5-6-9-20-16/h10-12,15,17H,4-9H2,1-3H3. The van der Waals surface area contributed by atoms with Gasteiger partial charge < -0.3 is 14.8 Å². The summed E-state index contributed by atoms with van der Waals surface area (Å²) in [5, 5.41) is 3.39. The number of ether oxygens (including phenoxy) is 2. The topological polar surface area (TPSA) is 43.4 Å². The predicted molar refractivity (Wildman–Crippen MR) is 80.0 cm³/mol. The molecule has 1 aromatic rings. The predicted octanol–water partition coefficient (Wildman–Crippen LogP) is 3.09. The van der Waals surface area contributed by atoms with E-state index in [0.717, 1.165) is 43.8 Å². The van der Waals surface area contributed by atoms with E-state index in [1.165, 1.54) is 6.42 Å². The Morgan fingerprint density at radius 2 is 2.30 bits per heavy atom. The van der Waals surface area contributed by atoms with Crippen molar-refractivity contribution >= 4 is 0 Å². The molecule has 112 valence electrons. The fourth-order valence-electron chi connectivity index (χ4n) is 2.90. The SMILES string of the molecule is CCCOc1cncc(C(NC)C2(C)CCCCO2)c1. The highest BCUT2D eigenvalue weighted by atomic mass is 16.5. The number of pyridine rings is 1. The molecule has 1 aromatic heterocycles. The van der Waals surface area contributed by atoms with Crippen LogP contribution in [0.1, 0.15) is 51.1 Å². The molecular formula is C16H26N2O2. The van der Waals surface area contributed by atoms with Crippen molar-refractivity contribution in [3.05, 3.63) is 24.0 Å². The summed E-state index contributed by atoms with van der Waals surface area (Å²) in [6.07, 6.45) is 8.12. The highest BCUT2D eigenvalue weighted by Crippen LogP contribution is 2.36. The Hall–Kier alpha value is -1.13. The zero-order valence-electron chi connectivity index (χ0n) is 12.8. The van der Waals surface area contributed by atoms with Crippen LogP contribution in [0, 0.1) is 0 Å². The van der Waals surface area contributed by atoms with Gasteiger partial charge in [-0.15, -0.1) is 0 Å². The maximum absolute atomic E-state index is 6.06. The van der Waals surface area contributed by atoms with E-state index < -0.39 is 0 Å². The van der Waals surface area contributed by atoms with Gasteiger partial charge in [-0.05, 0) is 51.3 Å². The number of hydrogen-bond donors (Lipinski definition) is 1. The van der Waals surface area contributed by atoms with Gasteiger partial charge in [-0.2, -0.15) is 0 Å². The third-order valence-electron chi connectivity index (χ3n) is 3.94. The molecule has 1 fully saturated rings. The van der Waals surface area contributed by atoms with Crippen LogP contribution in [0.4, 0.5) is 0 Å². The second kappa shape index (κ2) is 7.04. The molecule has 1 N–H and O–H groups in total. The molecule has 4 nitrogen and oxygen atoms in total. The quantitative estimate of drug-likeness (QED) is 0.868. The molecule has 2 rings (SSSR count). The van der Waals surface area contributed by atoms with Crippen molar-refractivity contribution in [3.63, 3.8) is 0 Å². The van der Waals surface area contributed by atoms with Crippen molar-refractivity contribution in [3.8, 4) is 5.75 Å². The second-order valence-electron chi connectivity index (χ2n) is 5.64. The first-order chi connectivity index (χ1) is 9.69. The first kappa shape index (κ1) is 15.3. The smallest absolute Gasteiger partial charge is 0.137 e. The summed E-state index contributed by atoms with van der Waals surface area (Å²) in [4.78, 5) is 4.31. The van der Waals surface area contributed by atoms with E-state index in [0.29, 0.717) is 0 Å². The number of likely N-dealkylation sites (N-methyl/N-ethyl adjacent to an activating group) is 1. The molecular weight excluding hydrogens is 252 g/mol. The lowest BCUT2D eigenvalue weighted by molar-refractivity contribution is -0.0885. The van der Waals surface area contributed by atoms with Gasteiger partial charge in [-0.1, -0.05) is 6.92 Å². The minimum absolute atomic E-state index is 0.139. The van der Waals surface area contributed by atoms with Crippen molar-refractivity contribution in [2.45, 2.75) is 51.2 Å². The minimum atomic E-state index is -0.169. The molecule has 1 aliphatic heterocycles. The highest BCUT2D eigenvalue weighted by Gasteiger charge is 2.37. The van der Waals surface area contributed by atoms with Crippen LogP contribution in [-0.2, 0) is 4.74 Å². The third kappa shape index (κ3) is 3.49. The van der Waals surface area contributed by atoms with Gasteiger partial charge in [0.2, 0.25) is 0 Å². The van der Waals surface area contributed by atoms with Crippen molar-refractivity contribution in [1.82, 2.24) is 10.3 Å². The molecule has 0 aromatic carbocycles. The normalized spacial score (nSPS) is 24.4. The molecule has 2 heterocycles. The molecule has 20 heavy (non-hydrogen) atoms. The molecule has 0 aliphatic carbocycles. The maximum Gasteiger partial charge on any atom is 0.137 e. The van der Waals surface area contributed by atoms with E-state index in [9.17, 15) is 0 Å². The summed E-state index contributed by atoms with van der Waals surface area (Å²) in [6.45, 7) is 5.86. The Balaban J connectivity index is 2.18. The molecule has 1 aliphatic rings. The van der Waals surface area contributed by atoms with Gasteiger partial charge >= 0.3 is 0 Å². The van der Waals surface area contributed by atoms with Crippen LogP contribution in [-0.4, -0.2) is 30.8 Å². The van der Waals surface area contributed by atoms with E-state index in [4.69, 9.17) is 9.47 Å². The van der Waals surface area contributed by atoms with Gasteiger partial charge in [0.25, 0.3) is 0 Å². The fourth-order valence-corrected chi connectivity index (χ4v) is 2.90. The van der Waals surface area contributed by atoms with Gasteiger partial charge in [-0.25, -0.2) is 0 Å². The van der Waals surface area contributed by atoms with Crippen molar-refractivity contribution < 1.29 is 9.47 Å². The average Bonchev–Trinajstić information content (AvgIpc) is 2.47. The fraction of sp³-hybridized carbons (Fsp3) is 0.688. The molecule has 0 spiro atoms. The van der Waals surface area contributed by atoms with Crippen LogP contribution < -0.4 is 10.1 Å². The van der Waals surface area contributed by atoms with E-state index >= 15 is 0 Å². The van der Waals surface area contributed by atoms with E-state index in [-0.39, 0.29) is 11.6 Å². The first-order valence-corrected chi connectivity index (χ1v) is 7.58. The zero-order valence-corrected chi connectivity index (χ0v) is 12.8. The molecule has 0 amide bonds. The number of hydrogen-bond acceptors (Lipinski definition) is 4. The Kier molecular flexibility index (Phi) is 5.38. The summed E-state index contributed by atoms with van der Waals surface area (Å²) in [5.74, 6) is 0.837. The van der Waals surface area contributed by atoms with Gasteiger partial charge in [-0.3, -0.25) is 4.98 Å². The van der Waals surface area contributed by atoms with Gasteiger partial charge in [0, 0.05) is 12.8 Å². The Morgan fingerprint density at radius 3 is 2.95 bits per heavy atom. The zero-order chi connectivity index (χ0) is 14.4. The summed E-state index contributed by atoms with van der Waals surface area (Å²) in [7, 11) is 1.98. The number of nitrogens with zero attached hydrogens (tertiary/aromatic N) is 1. The Labute approximate surface area is 121 Å². The van der Waals surface area contributed by atoms with Crippen molar-refractivity contribution in [2.24, 2.45) is 0 Å². The summed E-state index contributed by atoms with van der Waals surface area (Å²) < 4.78 is 11.7. The lowest BCUT2D eigenvalue weighted by Crippen LogP contribution is -2.44. The van der Waals surface area contributed by atoms with E-state index in [2.05, 4.69) is 30.2 Å². The molecule has 0 saturated carbocycles. The van der Waals surface area contributed by atoms with Crippen molar-refractivity contribution in [1.29, 1.82) is 0 Å². The summed E-state index contributed by atoms with van der Waals surface area (Å²) in [5.41, 5.74) is 0.962. The summed E-state index contributed by atoms with van der Waals surface area (Å²) >= 11 is 0. The lowest BCUT2D eigenvalue weighted by atomic mass is 9.84. The number of rotatable bonds is 6. The third-order valence-corrected chi connectivity index (χ3v) is 3.94. The van der Waals surface area contributed by atoms with Crippen LogP contribution in [0.5, 0.6) is 5.75 Å². The first-order valence-electron chi connectivity index (χ1n) is 7.58. The van der Waals surface area contributed by atoms with Crippen LogP contribution in [0.25, 0.3) is 0 Å². The Bertz CT molecular complexity index is 417. The second-order valence-corrected chi connectivity index (χ2v) is 5.64. The number of aromatic nitrogens is 1. The van der Waals surface area contributed by atoms with Crippen LogP contribution in [0.2, 0.25) is 0 Å². The van der Waals surface area contributed by atoms with Crippen LogP contribution in [0.3, 0.4) is 0 Å². The van der Waals surface area contributed by atoms with Gasteiger partial charge in [0.1, 0.15) is 5.75 Å². The summed E-state index contributed by atoms with van der Waals surface area (Å²) in [6, 6.07) is 2.22. The maximum atomic E-state index is 6.06. The number of nitrogens with one attached hydrogen (secondary N) is 1. The van der Waals surface area contributed by atoms with Gasteiger partial charge in [0.15, 0.2) is 0 Å². The molecule has 1 saturated heterocycles. The lowest BCUT2D eigenvalue weighted by Gasteiger charge is -2.40. The molecule has 2 atom stereocenters. The Morgan fingerprint density at radius 1 is 1.45 bits per heavy atom. The minimum Gasteiger partial charge on any atom is -0.492 e. The average molecular weight is 278 g/mol. The molecule has 4 heteroatoms. The van der Waals surface area contributed by atoms with E-state index in [1.54, 1.807) is 6.20 Å². The van der Waals surface area contributed by atoms with Gasteiger partial charge in [0.05, 0.1) is 24.4 Å². The molecule has 2 unspecified atom stereocenters.